The highest BCUT2D eigenvalue weighted by Gasteiger charge is 2.64. The summed E-state index contributed by atoms with van der Waals surface area (Å²) in [5.74, 6) is 1.08. The van der Waals surface area contributed by atoms with Gasteiger partial charge in [-0.25, -0.2) is 0 Å². The lowest BCUT2D eigenvalue weighted by molar-refractivity contribution is -0.150. The molecule has 16 heavy (non-hydrogen) atoms. The molecule has 0 N–H and O–H groups in total. The number of carbonyl (C=O) groups is 2. The van der Waals surface area contributed by atoms with Gasteiger partial charge in [-0.05, 0) is 38.0 Å². The third kappa shape index (κ3) is 1.14. The van der Waals surface area contributed by atoms with E-state index >= 15 is 0 Å². The van der Waals surface area contributed by atoms with E-state index in [9.17, 15) is 9.59 Å². The number of ether oxygens (including phenoxy) is 1. The summed E-state index contributed by atoms with van der Waals surface area (Å²) in [7, 11) is 0. The first-order valence-corrected chi connectivity index (χ1v) is 6.35. The van der Waals surface area contributed by atoms with Crippen LogP contribution in [0.15, 0.2) is 0 Å². The monoisotopic (exact) mass is 222 g/mol. The second-order valence-corrected chi connectivity index (χ2v) is 5.58. The minimum Gasteiger partial charge on any atom is -0.462 e. The lowest BCUT2D eigenvalue weighted by Gasteiger charge is -2.28. The van der Waals surface area contributed by atoms with E-state index < -0.39 is 0 Å². The van der Waals surface area contributed by atoms with Crippen molar-refractivity contribution in [3.8, 4) is 0 Å². The second kappa shape index (κ2) is 3.31. The first-order chi connectivity index (χ1) is 7.64. The predicted octanol–water partition coefficient (Wildman–Crippen LogP) is 2.09. The first kappa shape index (κ1) is 10.3. The van der Waals surface area contributed by atoms with Crippen molar-refractivity contribution < 1.29 is 14.3 Å². The second-order valence-electron chi connectivity index (χ2n) is 5.58. The van der Waals surface area contributed by atoms with Gasteiger partial charge >= 0.3 is 5.97 Å². The van der Waals surface area contributed by atoms with Crippen LogP contribution in [-0.2, 0) is 14.3 Å². The Labute approximate surface area is 95.5 Å². The number of rotatable bonds is 1. The molecule has 0 aromatic rings. The molecule has 0 saturated heterocycles. The Kier molecular flexibility index (Phi) is 2.13. The molecule has 0 aromatic carbocycles. The molecular weight excluding hydrogens is 204 g/mol. The van der Waals surface area contributed by atoms with Gasteiger partial charge in [-0.15, -0.1) is 0 Å². The summed E-state index contributed by atoms with van der Waals surface area (Å²) in [6.07, 6.45) is 6.02. The van der Waals surface area contributed by atoms with Gasteiger partial charge in [0.1, 0.15) is 11.9 Å². The fourth-order valence-corrected chi connectivity index (χ4v) is 4.57. The standard InChI is InChI=1S/C13H18O3/c1-8(14)16-11-7-9-4-5-10(11)13(9)6-2-3-12(13)15/h9-11H,2-7H2,1H3. The molecule has 3 aliphatic rings. The van der Waals surface area contributed by atoms with E-state index in [1.54, 1.807) is 0 Å². The molecule has 4 unspecified atom stereocenters. The molecule has 3 rings (SSSR count). The van der Waals surface area contributed by atoms with Gasteiger partial charge in [0.25, 0.3) is 0 Å². The number of esters is 1. The Morgan fingerprint density at radius 1 is 1.44 bits per heavy atom. The van der Waals surface area contributed by atoms with Crippen LogP contribution in [-0.4, -0.2) is 17.9 Å². The molecule has 3 nitrogen and oxygen atoms in total. The van der Waals surface area contributed by atoms with Crippen LogP contribution in [0, 0.1) is 17.3 Å². The van der Waals surface area contributed by atoms with E-state index in [0.29, 0.717) is 17.6 Å². The number of Topliss-reactive ketones (excluding diaryl/α,β-unsaturated/α-hetero) is 1. The fourth-order valence-electron chi connectivity index (χ4n) is 4.57. The maximum atomic E-state index is 12.2. The molecule has 2 bridgehead atoms. The Bertz CT molecular complexity index is 349. The molecule has 88 valence electrons. The zero-order chi connectivity index (χ0) is 11.3. The minimum atomic E-state index is -0.196. The molecular formula is C13H18O3. The van der Waals surface area contributed by atoms with Crippen molar-refractivity contribution in [2.24, 2.45) is 17.3 Å². The van der Waals surface area contributed by atoms with Crippen LogP contribution in [0.25, 0.3) is 0 Å². The molecule has 3 saturated carbocycles. The van der Waals surface area contributed by atoms with Crippen LogP contribution in [0.2, 0.25) is 0 Å². The van der Waals surface area contributed by atoms with E-state index in [-0.39, 0.29) is 17.5 Å². The highest BCUT2D eigenvalue weighted by molar-refractivity contribution is 5.88. The predicted molar refractivity (Wildman–Crippen MR) is 57.7 cm³/mol. The third-order valence-electron chi connectivity index (χ3n) is 5.01. The van der Waals surface area contributed by atoms with Crippen LogP contribution >= 0.6 is 0 Å². The third-order valence-corrected chi connectivity index (χ3v) is 5.01. The van der Waals surface area contributed by atoms with Crippen molar-refractivity contribution in [2.45, 2.75) is 51.6 Å². The molecule has 1 spiro atoms. The van der Waals surface area contributed by atoms with Crippen LogP contribution in [0.1, 0.15) is 45.4 Å². The lowest BCUT2D eigenvalue weighted by atomic mass is 9.75. The summed E-state index contributed by atoms with van der Waals surface area (Å²) in [6, 6.07) is 0. The van der Waals surface area contributed by atoms with Crippen LogP contribution in [0.4, 0.5) is 0 Å². The Morgan fingerprint density at radius 2 is 2.25 bits per heavy atom. The van der Waals surface area contributed by atoms with Gasteiger partial charge in [-0.3, -0.25) is 9.59 Å². The summed E-state index contributed by atoms with van der Waals surface area (Å²) >= 11 is 0. The normalized spacial score (nSPS) is 45.6. The molecule has 0 aromatic heterocycles. The molecule has 0 heterocycles. The van der Waals surface area contributed by atoms with Crippen molar-refractivity contribution in [1.29, 1.82) is 0 Å². The minimum absolute atomic E-state index is 0.0262. The molecule has 3 heteroatoms. The van der Waals surface area contributed by atoms with Crippen molar-refractivity contribution in [3.05, 3.63) is 0 Å². The van der Waals surface area contributed by atoms with Crippen molar-refractivity contribution >= 4 is 11.8 Å². The maximum Gasteiger partial charge on any atom is 0.302 e. The van der Waals surface area contributed by atoms with Gasteiger partial charge < -0.3 is 4.74 Å². The van der Waals surface area contributed by atoms with E-state index in [0.717, 1.165) is 38.5 Å². The van der Waals surface area contributed by atoms with Gasteiger partial charge in [0, 0.05) is 24.7 Å². The Morgan fingerprint density at radius 3 is 2.88 bits per heavy atom. The summed E-state index contributed by atoms with van der Waals surface area (Å²) in [5, 5.41) is 0. The van der Waals surface area contributed by atoms with Crippen molar-refractivity contribution in [1.82, 2.24) is 0 Å². The summed E-state index contributed by atoms with van der Waals surface area (Å²) < 4.78 is 5.39. The Hall–Kier alpha value is -0.860. The lowest BCUT2D eigenvalue weighted by Crippen LogP contribution is -2.34. The van der Waals surface area contributed by atoms with Crippen molar-refractivity contribution in [2.75, 3.05) is 0 Å². The first-order valence-electron chi connectivity index (χ1n) is 6.35. The number of hydrogen-bond donors (Lipinski definition) is 0. The number of carbonyl (C=O) groups excluding carboxylic acids is 2. The molecule has 3 fully saturated rings. The number of ketones is 1. The summed E-state index contributed by atoms with van der Waals surface area (Å²) in [5.41, 5.74) is -0.0832. The summed E-state index contributed by atoms with van der Waals surface area (Å²) in [6.45, 7) is 1.47. The van der Waals surface area contributed by atoms with Gasteiger partial charge in [0.15, 0.2) is 0 Å². The van der Waals surface area contributed by atoms with E-state index in [1.807, 2.05) is 0 Å². The van der Waals surface area contributed by atoms with E-state index in [1.165, 1.54) is 6.92 Å². The smallest absolute Gasteiger partial charge is 0.302 e. The zero-order valence-corrected chi connectivity index (χ0v) is 9.70. The zero-order valence-electron chi connectivity index (χ0n) is 9.70. The molecule has 3 aliphatic carbocycles. The average Bonchev–Trinajstić information content (AvgIpc) is 2.83. The SMILES string of the molecule is CC(=O)OC1CC2CCC1C21CCCC1=O. The van der Waals surface area contributed by atoms with Crippen LogP contribution in [0.5, 0.6) is 0 Å². The molecule has 0 amide bonds. The molecule has 0 radical (unpaired) electrons. The van der Waals surface area contributed by atoms with E-state index in [4.69, 9.17) is 4.74 Å². The molecule has 0 aliphatic heterocycles. The largest absolute Gasteiger partial charge is 0.462 e. The van der Waals surface area contributed by atoms with E-state index in [2.05, 4.69) is 0 Å². The molecule has 4 atom stereocenters. The van der Waals surface area contributed by atoms with Gasteiger partial charge in [-0.2, -0.15) is 0 Å². The highest BCUT2D eigenvalue weighted by atomic mass is 16.5. The summed E-state index contributed by atoms with van der Waals surface area (Å²) in [4.78, 5) is 23.2. The highest BCUT2D eigenvalue weighted by Crippen LogP contribution is 2.64. The van der Waals surface area contributed by atoms with Gasteiger partial charge in [0.2, 0.25) is 0 Å². The van der Waals surface area contributed by atoms with Crippen LogP contribution in [0.3, 0.4) is 0 Å². The maximum absolute atomic E-state index is 12.2. The van der Waals surface area contributed by atoms with Gasteiger partial charge in [0.05, 0.1) is 0 Å². The van der Waals surface area contributed by atoms with Crippen LogP contribution < -0.4 is 0 Å². The van der Waals surface area contributed by atoms with Crippen molar-refractivity contribution in [3.63, 3.8) is 0 Å². The average molecular weight is 222 g/mol. The fraction of sp³-hybridized carbons (Fsp3) is 0.846. The topological polar surface area (TPSA) is 43.4 Å². The number of hydrogen-bond acceptors (Lipinski definition) is 3. The Balaban J connectivity index is 1.88. The quantitative estimate of drug-likeness (QED) is 0.638. The van der Waals surface area contributed by atoms with Gasteiger partial charge in [-0.1, -0.05) is 0 Å².